The quantitative estimate of drug-likeness (QED) is 0.768. The van der Waals surface area contributed by atoms with Gasteiger partial charge >= 0.3 is 0 Å². The molecule has 1 N–H and O–H groups in total. The summed E-state index contributed by atoms with van der Waals surface area (Å²) in [5, 5.41) is 9.77. The smallest absolute Gasteiger partial charge is 0.119 e. The molecule has 3 rings (SSSR count). The summed E-state index contributed by atoms with van der Waals surface area (Å²) in [5.41, 5.74) is 1.73. The van der Waals surface area contributed by atoms with Crippen LogP contribution in [0.2, 0.25) is 0 Å². The summed E-state index contributed by atoms with van der Waals surface area (Å²) in [5.74, 6) is 3.77. The van der Waals surface area contributed by atoms with Crippen molar-refractivity contribution in [3.05, 3.63) is 76.6 Å². The molecule has 0 spiro atoms. The van der Waals surface area contributed by atoms with Crippen molar-refractivity contribution < 1.29 is 18.7 Å². The summed E-state index contributed by atoms with van der Waals surface area (Å²) in [4.78, 5) is 0. The highest BCUT2D eigenvalue weighted by Crippen LogP contribution is 2.37. The highest BCUT2D eigenvalue weighted by Gasteiger charge is 2.25. The molecule has 0 aliphatic rings. The average molecular weight is 312 g/mol. The Morgan fingerprint density at radius 2 is 1.57 bits per heavy atom. The third-order valence-corrected chi connectivity index (χ3v) is 3.92. The van der Waals surface area contributed by atoms with Gasteiger partial charge in [0.25, 0.3) is 0 Å². The summed E-state index contributed by atoms with van der Waals surface area (Å²) in [6.45, 7) is 3.74. The van der Waals surface area contributed by atoms with Gasteiger partial charge in [0.1, 0.15) is 34.7 Å². The van der Waals surface area contributed by atoms with Crippen molar-refractivity contribution in [2.45, 2.75) is 26.4 Å². The molecule has 0 radical (unpaired) electrons. The average Bonchev–Trinajstić information content (AvgIpc) is 3.17. The molecule has 0 aliphatic carbocycles. The molecule has 3 aromatic rings. The molecule has 4 nitrogen and oxygen atoms in total. The molecule has 2 aromatic heterocycles. The van der Waals surface area contributed by atoms with Crippen LogP contribution in [-0.2, 0) is 6.61 Å². The standard InChI is InChI=1S/C19H20O4/c1-12-4-8-17(22-12)19(18-9-5-13(2)23-18)16-7-6-15(21-3)10-14(16)11-20/h4-10,19-20H,11H2,1-3H3. The number of hydrogen-bond acceptors (Lipinski definition) is 4. The van der Waals surface area contributed by atoms with Crippen molar-refractivity contribution in [3.63, 3.8) is 0 Å². The van der Waals surface area contributed by atoms with Crippen LogP contribution in [0.4, 0.5) is 0 Å². The first-order valence-corrected chi connectivity index (χ1v) is 7.52. The summed E-state index contributed by atoms with van der Waals surface area (Å²) in [6, 6.07) is 13.4. The van der Waals surface area contributed by atoms with Crippen LogP contribution in [0.3, 0.4) is 0 Å². The summed E-state index contributed by atoms with van der Waals surface area (Å²) in [7, 11) is 1.61. The van der Waals surface area contributed by atoms with Crippen LogP contribution >= 0.6 is 0 Å². The summed E-state index contributed by atoms with van der Waals surface area (Å²) in [6.07, 6.45) is 0. The molecule has 0 amide bonds. The number of furan rings is 2. The van der Waals surface area contributed by atoms with Crippen molar-refractivity contribution >= 4 is 0 Å². The van der Waals surface area contributed by atoms with Gasteiger partial charge in [0, 0.05) is 0 Å². The Morgan fingerprint density at radius 1 is 0.957 bits per heavy atom. The normalized spacial score (nSPS) is 11.2. The lowest BCUT2D eigenvalue weighted by atomic mass is 9.90. The van der Waals surface area contributed by atoms with E-state index >= 15 is 0 Å². The maximum Gasteiger partial charge on any atom is 0.119 e. The molecule has 0 saturated carbocycles. The van der Waals surface area contributed by atoms with E-state index in [1.54, 1.807) is 7.11 Å². The molecule has 1 aromatic carbocycles. The topological polar surface area (TPSA) is 55.7 Å². The number of aliphatic hydroxyl groups is 1. The van der Waals surface area contributed by atoms with Gasteiger partial charge in [-0.2, -0.15) is 0 Å². The van der Waals surface area contributed by atoms with Gasteiger partial charge in [0.15, 0.2) is 0 Å². The lowest BCUT2D eigenvalue weighted by molar-refractivity contribution is 0.279. The fourth-order valence-corrected chi connectivity index (χ4v) is 2.79. The molecule has 4 heteroatoms. The molecule has 2 heterocycles. The summed E-state index contributed by atoms with van der Waals surface area (Å²) < 4.78 is 16.9. The molecule has 0 unspecified atom stereocenters. The van der Waals surface area contributed by atoms with Gasteiger partial charge in [-0.3, -0.25) is 0 Å². The maximum atomic E-state index is 9.77. The van der Waals surface area contributed by atoms with E-state index < -0.39 is 0 Å². The first kappa shape index (κ1) is 15.4. The highest BCUT2D eigenvalue weighted by molar-refractivity contribution is 5.44. The zero-order valence-corrected chi connectivity index (χ0v) is 13.5. The lowest BCUT2D eigenvalue weighted by Crippen LogP contribution is -2.05. The Hall–Kier alpha value is -2.46. The van der Waals surface area contributed by atoms with E-state index in [-0.39, 0.29) is 12.5 Å². The Bertz CT molecular complexity index is 757. The van der Waals surface area contributed by atoms with Gasteiger partial charge in [-0.15, -0.1) is 0 Å². The molecule has 0 bridgehead atoms. The molecule has 23 heavy (non-hydrogen) atoms. The number of aryl methyl sites for hydroxylation is 2. The van der Waals surface area contributed by atoms with Gasteiger partial charge in [-0.1, -0.05) is 6.07 Å². The van der Waals surface area contributed by atoms with Gasteiger partial charge < -0.3 is 18.7 Å². The van der Waals surface area contributed by atoms with E-state index in [1.807, 2.05) is 56.3 Å². The largest absolute Gasteiger partial charge is 0.497 e. The predicted molar refractivity (Wildman–Crippen MR) is 86.8 cm³/mol. The van der Waals surface area contributed by atoms with E-state index in [2.05, 4.69) is 0 Å². The monoisotopic (exact) mass is 312 g/mol. The second-order valence-electron chi connectivity index (χ2n) is 5.55. The third kappa shape index (κ3) is 3.03. The predicted octanol–water partition coefficient (Wildman–Crippen LogP) is 4.17. The maximum absolute atomic E-state index is 9.77. The van der Waals surface area contributed by atoms with Gasteiger partial charge in [-0.05, 0) is 61.4 Å². The van der Waals surface area contributed by atoms with Crippen LogP contribution in [0.15, 0.2) is 51.3 Å². The zero-order valence-electron chi connectivity index (χ0n) is 13.5. The van der Waals surface area contributed by atoms with E-state index in [0.717, 1.165) is 34.2 Å². The van der Waals surface area contributed by atoms with Crippen molar-refractivity contribution in [1.82, 2.24) is 0 Å². The second kappa shape index (κ2) is 6.34. The number of aliphatic hydroxyl groups excluding tert-OH is 1. The van der Waals surface area contributed by atoms with Crippen LogP contribution in [0.5, 0.6) is 5.75 Å². The zero-order chi connectivity index (χ0) is 16.4. The minimum absolute atomic E-state index is 0.0809. The van der Waals surface area contributed by atoms with Gasteiger partial charge in [0.2, 0.25) is 0 Å². The number of rotatable bonds is 5. The van der Waals surface area contributed by atoms with Crippen LogP contribution in [-0.4, -0.2) is 12.2 Å². The SMILES string of the molecule is COc1ccc(C(c2ccc(C)o2)c2ccc(C)o2)c(CO)c1. The Morgan fingerprint density at radius 3 is 2.00 bits per heavy atom. The minimum atomic E-state index is -0.203. The van der Waals surface area contributed by atoms with Crippen LogP contribution in [0.1, 0.15) is 40.1 Å². The lowest BCUT2D eigenvalue weighted by Gasteiger charge is -2.17. The van der Waals surface area contributed by atoms with Crippen molar-refractivity contribution in [1.29, 1.82) is 0 Å². The van der Waals surface area contributed by atoms with E-state index in [0.29, 0.717) is 5.75 Å². The van der Waals surface area contributed by atoms with E-state index in [9.17, 15) is 5.11 Å². The Balaban J connectivity index is 2.16. The van der Waals surface area contributed by atoms with E-state index in [1.165, 1.54) is 0 Å². The van der Waals surface area contributed by atoms with Crippen molar-refractivity contribution in [2.24, 2.45) is 0 Å². The fourth-order valence-electron chi connectivity index (χ4n) is 2.79. The first-order chi connectivity index (χ1) is 11.1. The van der Waals surface area contributed by atoms with Crippen molar-refractivity contribution in [2.75, 3.05) is 7.11 Å². The summed E-state index contributed by atoms with van der Waals surface area (Å²) >= 11 is 0. The Labute approximate surface area is 135 Å². The molecule has 120 valence electrons. The van der Waals surface area contributed by atoms with Gasteiger partial charge in [-0.25, -0.2) is 0 Å². The van der Waals surface area contributed by atoms with Crippen LogP contribution < -0.4 is 4.74 Å². The third-order valence-electron chi connectivity index (χ3n) is 3.92. The number of methoxy groups -OCH3 is 1. The highest BCUT2D eigenvalue weighted by atomic mass is 16.5. The second-order valence-corrected chi connectivity index (χ2v) is 5.55. The molecule has 0 fully saturated rings. The fraction of sp³-hybridized carbons (Fsp3) is 0.263. The Kier molecular flexibility index (Phi) is 4.26. The van der Waals surface area contributed by atoms with E-state index in [4.69, 9.17) is 13.6 Å². The van der Waals surface area contributed by atoms with Gasteiger partial charge in [0.05, 0.1) is 13.7 Å². The number of benzene rings is 1. The minimum Gasteiger partial charge on any atom is -0.497 e. The molecular weight excluding hydrogens is 292 g/mol. The molecular formula is C19H20O4. The molecule has 0 atom stereocenters. The first-order valence-electron chi connectivity index (χ1n) is 7.52. The van der Waals surface area contributed by atoms with Crippen LogP contribution in [0.25, 0.3) is 0 Å². The van der Waals surface area contributed by atoms with Crippen molar-refractivity contribution in [3.8, 4) is 5.75 Å². The molecule has 0 aliphatic heterocycles. The molecule has 0 saturated heterocycles. The number of hydrogen-bond donors (Lipinski definition) is 1. The van der Waals surface area contributed by atoms with Crippen LogP contribution in [0, 0.1) is 13.8 Å². The number of ether oxygens (including phenoxy) is 1.